The molecule has 0 saturated heterocycles. The molecule has 0 aromatic heterocycles. The van der Waals surface area contributed by atoms with Gasteiger partial charge in [0.1, 0.15) is 0 Å². The number of carboxylic acid groups (broad SMARTS) is 1. The van der Waals surface area contributed by atoms with Crippen molar-refractivity contribution in [1.29, 1.82) is 0 Å². The SMILES string of the molecule is O=C(NCCc1ccccc1)[C@@H]1[C@H](C(=O)O)[C@H]2C=C[C@H]1C21CC1. The van der Waals surface area contributed by atoms with Crippen LogP contribution in [-0.4, -0.2) is 23.5 Å². The molecule has 2 saturated carbocycles. The molecule has 1 aromatic carbocycles. The number of rotatable bonds is 5. The first kappa shape index (κ1) is 14.5. The quantitative estimate of drug-likeness (QED) is 0.820. The summed E-state index contributed by atoms with van der Waals surface area (Å²) >= 11 is 0. The van der Waals surface area contributed by atoms with Crippen LogP contribution in [0.1, 0.15) is 18.4 Å². The van der Waals surface area contributed by atoms with Gasteiger partial charge in [0, 0.05) is 6.54 Å². The average Bonchev–Trinajstić information content (AvgIpc) is 3.21. The number of carbonyl (C=O) groups excluding carboxylic acids is 1. The number of hydrogen-bond donors (Lipinski definition) is 2. The van der Waals surface area contributed by atoms with Gasteiger partial charge in [0.05, 0.1) is 11.8 Å². The maximum absolute atomic E-state index is 12.6. The molecule has 4 atom stereocenters. The van der Waals surface area contributed by atoms with E-state index in [1.165, 1.54) is 5.56 Å². The number of aliphatic carboxylic acids is 1. The van der Waals surface area contributed by atoms with Gasteiger partial charge in [0.15, 0.2) is 0 Å². The third-order valence-electron chi connectivity index (χ3n) is 5.99. The van der Waals surface area contributed by atoms with Crippen LogP contribution in [0.3, 0.4) is 0 Å². The third kappa shape index (κ3) is 2.19. The van der Waals surface area contributed by atoms with Crippen molar-refractivity contribution in [2.24, 2.45) is 29.1 Å². The van der Waals surface area contributed by atoms with Crippen LogP contribution >= 0.6 is 0 Å². The van der Waals surface area contributed by atoms with E-state index in [2.05, 4.69) is 11.4 Å². The lowest BCUT2D eigenvalue weighted by Crippen LogP contribution is -2.40. The number of amides is 1. The number of nitrogens with one attached hydrogen (secondary N) is 1. The summed E-state index contributed by atoms with van der Waals surface area (Å²) in [5, 5.41) is 12.6. The summed E-state index contributed by atoms with van der Waals surface area (Å²) in [4.78, 5) is 24.4. The molecular formula is C19H21NO3. The summed E-state index contributed by atoms with van der Waals surface area (Å²) in [5.74, 6) is -1.70. The van der Waals surface area contributed by atoms with Crippen LogP contribution in [0.25, 0.3) is 0 Å². The Labute approximate surface area is 135 Å². The largest absolute Gasteiger partial charge is 0.481 e. The zero-order valence-electron chi connectivity index (χ0n) is 12.9. The molecule has 4 heteroatoms. The van der Waals surface area contributed by atoms with Gasteiger partial charge in [-0.05, 0) is 42.1 Å². The van der Waals surface area contributed by atoms with Crippen LogP contribution in [0.2, 0.25) is 0 Å². The molecule has 0 aliphatic heterocycles. The van der Waals surface area contributed by atoms with Crippen molar-refractivity contribution in [3.05, 3.63) is 48.0 Å². The van der Waals surface area contributed by atoms with Gasteiger partial charge in [-0.1, -0.05) is 42.5 Å². The minimum absolute atomic E-state index is 0.0508. The first-order valence-electron chi connectivity index (χ1n) is 8.36. The summed E-state index contributed by atoms with van der Waals surface area (Å²) in [6.07, 6.45) is 7.04. The minimum atomic E-state index is -0.823. The molecule has 2 bridgehead atoms. The predicted octanol–water partition coefficient (Wildman–Crippen LogP) is 2.26. The molecule has 120 valence electrons. The van der Waals surface area contributed by atoms with Crippen LogP contribution in [0, 0.1) is 29.1 Å². The lowest BCUT2D eigenvalue weighted by molar-refractivity contribution is -0.147. The van der Waals surface area contributed by atoms with Crippen molar-refractivity contribution < 1.29 is 14.7 Å². The number of carboxylic acids is 1. The van der Waals surface area contributed by atoms with Crippen LogP contribution in [0.4, 0.5) is 0 Å². The molecule has 0 heterocycles. The van der Waals surface area contributed by atoms with Crippen LogP contribution < -0.4 is 5.32 Å². The second kappa shape index (κ2) is 5.22. The fraction of sp³-hybridized carbons (Fsp3) is 0.474. The highest BCUT2D eigenvalue weighted by Gasteiger charge is 2.69. The summed E-state index contributed by atoms with van der Waals surface area (Å²) in [6, 6.07) is 10.00. The molecule has 23 heavy (non-hydrogen) atoms. The van der Waals surface area contributed by atoms with Gasteiger partial charge in [-0.2, -0.15) is 0 Å². The van der Waals surface area contributed by atoms with Gasteiger partial charge in [0.25, 0.3) is 0 Å². The first-order valence-corrected chi connectivity index (χ1v) is 8.36. The predicted molar refractivity (Wildman–Crippen MR) is 85.6 cm³/mol. The van der Waals surface area contributed by atoms with E-state index in [0.717, 1.165) is 19.3 Å². The number of allylic oxidation sites excluding steroid dienone is 2. The maximum Gasteiger partial charge on any atom is 0.307 e. The van der Waals surface area contributed by atoms with Crippen molar-refractivity contribution in [1.82, 2.24) is 5.32 Å². The monoisotopic (exact) mass is 311 g/mol. The smallest absolute Gasteiger partial charge is 0.307 e. The molecule has 1 spiro atoms. The van der Waals surface area contributed by atoms with E-state index in [0.29, 0.717) is 6.54 Å². The van der Waals surface area contributed by atoms with Crippen molar-refractivity contribution in [2.45, 2.75) is 19.3 Å². The Bertz CT molecular complexity index is 662. The van der Waals surface area contributed by atoms with Crippen molar-refractivity contribution in [3.63, 3.8) is 0 Å². The molecule has 4 nitrogen and oxygen atoms in total. The Morgan fingerprint density at radius 3 is 2.35 bits per heavy atom. The number of carbonyl (C=O) groups is 2. The maximum atomic E-state index is 12.6. The van der Waals surface area contributed by atoms with Crippen LogP contribution in [0.5, 0.6) is 0 Å². The lowest BCUT2D eigenvalue weighted by atomic mass is 9.82. The second-order valence-corrected chi connectivity index (χ2v) is 7.09. The molecule has 3 aliphatic rings. The fourth-order valence-corrected chi connectivity index (χ4v) is 4.78. The van der Waals surface area contributed by atoms with Gasteiger partial charge < -0.3 is 10.4 Å². The second-order valence-electron chi connectivity index (χ2n) is 7.09. The topological polar surface area (TPSA) is 66.4 Å². The van der Waals surface area contributed by atoms with E-state index >= 15 is 0 Å². The summed E-state index contributed by atoms with van der Waals surface area (Å²) < 4.78 is 0. The molecule has 1 aromatic rings. The van der Waals surface area contributed by atoms with Crippen molar-refractivity contribution in [2.75, 3.05) is 6.54 Å². The van der Waals surface area contributed by atoms with Gasteiger partial charge >= 0.3 is 5.97 Å². The van der Waals surface area contributed by atoms with E-state index in [1.807, 2.05) is 36.4 Å². The summed E-state index contributed by atoms with van der Waals surface area (Å²) in [5.41, 5.74) is 1.26. The Morgan fingerprint density at radius 2 is 1.74 bits per heavy atom. The Morgan fingerprint density at radius 1 is 1.09 bits per heavy atom. The lowest BCUT2D eigenvalue weighted by Gasteiger charge is -2.23. The fourth-order valence-electron chi connectivity index (χ4n) is 4.78. The molecule has 2 fully saturated rings. The van der Waals surface area contributed by atoms with E-state index in [4.69, 9.17) is 0 Å². The number of benzene rings is 1. The van der Waals surface area contributed by atoms with Crippen LogP contribution in [-0.2, 0) is 16.0 Å². The Hall–Kier alpha value is -2.10. The zero-order valence-corrected chi connectivity index (χ0v) is 12.9. The average molecular weight is 311 g/mol. The first-order chi connectivity index (χ1) is 11.1. The molecular weight excluding hydrogens is 290 g/mol. The highest BCUT2D eigenvalue weighted by Crippen LogP contribution is 2.71. The van der Waals surface area contributed by atoms with Gasteiger partial charge in [0.2, 0.25) is 5.91 Å². The molecule has 0 radical (unpaired) electrons. The Balaban J connectivity index is 1.43. The third-order valence-corrected chi connectivity index (χ3v) is 5.99. The van der Waals surface area contributed by atoms with Crippen LogP contribution in [0.15, 0.2) is 42.5 Å². The normalized spacial score (nSPS) is 32.2. The molecule has 2 N–H and O–H groups in total. The Kier molecular flexibility index (Phi) is 3.29. The van der Waals surface area contributed by atoms with E-state index in [9.17, 15) is 14.7 Å². The van der Waals surface area contributed by atoms with Gasteiger partial charge in [-0.3, -0.25) is 9.59 Å². The molecule has 4 rings (SSSR count). The highest BCUT2D eigenvalue weighted by atomic mass is 16.4. The zero-order chi connectivity index (χ0) is 16.0. The molecule has 1 amide bonds. The number of hydrogen-bond acceptors (Lipinski definition) is 2. The van der Waals surface area contributed by atoms with Gasteiger partial charge in [-0.25, -0.2) is 0 Å². The molecule has 0 unspecified atom stereocenters. The standard InChI is InChI=1S/C19H21NO3/c21-17(20-11-8-12-4-2-1-3-5-12)15-13-6-7-14(16(15)18(22)23)19(13)9-10-19/h1-7,13-16H,8-11H2,(H,20,21)(H,22,23)/t13-,14-,15+,16-/m1/s1. The summed E-state index contributed by atoms with van der Waals surface area (Å²) in [6.45, 7) is 0.555. The van der Waals surface area contributed by atoms with E-state index in [1.54, 1.807) is 0 Å². The van der Waals surface area contributed by atoms with E-state index in [-0.39, 0.29) is 23.2 Å². The van der Waals surface area contributed by atoms with Gasteiger partial charge in [-0.15, -0.1) is 0 Å². The molecule has 3 aliphatic carbocycles. The minimum Gasteiger partial charge on any atom is -0.481 e. The summed E-state index contributed by atoms with van der Waals surface area (Å²) in [7, 11) is 0. The van der Waals surface area contributed by atoms with Crippen molar-refractivity contribution >= 4 is 11.9 Å². The van der Waals surface area contributed by atoms with Crippen molar-refractivity contribution in [3.8, 4) is 0 Å². The highest BCUT2D eigenvalue weighted by molar-refractivity contribution is 5.87. The van der Waals surface area contributed by atoms with E-state index < -0.39 is 17.8 Å².